The van der Waals surface area contributed by atoms with Crippen LogP contribution in [-0.4, -0.2) is 18.5 Å². The molecule has 0 fully saturated rings. The molecule has 0 saturated heterocycles. The smallest absolute Gasteiger partial charge is 0.198 e. The molecular formula is C16H24O2. The minimum absolute atomic E-state index is 0.0812. The fourth-order valence-electron chi connectivity index (χ4n) is 2.16. The molecule has 0 radical (unpaired) electrons. The monoisotopic (exact) mass is 248 g/mol. The van der Waals surface area contributed by atoms with Crippen LogP contribution in [0.25, 0.3) is 0 Å². The number of carbonyl (C=O) groups excluding carboxylic acids is 1. The van der Waals surface area contributed by atoms with Gasteiger partial charge in [0.15, 0.2) is 5.78 Å². The highest BCUT2D eigenvalue weighted by Gasteiger charge is 2.47. The Morgan fingerprint density at radius 3 is 2.50 bits per heavy atom. The van der Waals surface area contributed by atoms with E-state index in [2.05, 4.69) is 13.5 Å². The molecule has 1 atom stereocenters. The normalized spacial score (nSPS) is 24.3. The van der Waals surface area contributed by atoms with Gasteiger partial charge in [-0.1, -0.05) is 25.5 Å². The molecule has 0 bridgehead atoms. The number of allylic oxidation sites excluding steroid dienone is 3. The minimum atomic E-state index is -0.712. The molecule has 1 rings (SSSR count). The summed E-state index contributed by atoms with van der Waals surface area (Å²) in [6.45, 7) is 11.9. The molecule has 0 aromatic carbocycles. The summed E-state index contributed by atoms with van der Waals surface area (Å²) in [4.78, 5) is 12.1. The Labute approximate surface area is 110 Å². The minimum Gasteiger partial charge on any atom is -0.366 e. The van der Waals surface area contributed by atoms with Crippen LogP contribution < -0.4 is 0 Å². The largest absolute Gasteiger partial charge is 0.366 e. The maximum absolute atomic E-state index is 12.1. The zero-order valence-corrected chi connectivity index (χ0v) is 12.2. The van der Waals surface area contributed by atoms with Crippen molar-refractivity contribution >= 4 is 5.78 Å². The molecule has 0 amide bonds. The van der Waals surface area contributed by atoms with Crippen LogP contribution in [0.3, 0.4) is 0 Å². The first-order valence-corrected chi connectivity index (χ1v) is 6.56. The molecule has 1 unspecified atom stereocenters. The quantitative estimate of drug-likeness (QED) is 0.664. The Morgan fingerprint density at radius 2 is 2.11 bits per heavy atom. The molecule has 0 aromatic rings. The molecule has 0 saturated carbocycles. The molecule has 2 nitrogen and oxygen atoms in total. The van der Waals surface area contributed by atoms with E-state index in [1.54, 1.807) is 7.11 Å². The van der Waals surface area contributed by atoms with Crippen molar-refractivity contribution in [2.75, 3.05) is 7.11 Å². The Bertz CT molecular complexity index is 426. The predicted octanol–water partition coefficient (Wildman–Crippen LogP) is 3.98. The van der Waals surface area contributed by atoms with Gasteiger partial charge in [-0.15, -0.1) is 0 Å². The number of ketones is 1. The third-order valence-corrected chi connectivity index (χ3v) is 3.87. The van der Waals surface area contributed by atoms with Gasteiger partial charge in [-0.2, -0.15) is 0 Å². The Hall–Kier alpha value is -1.15. The van der Waals surface area contributed by atoms with E-state index < -0.39 is 5.60 Å². The zero-order valence-electron chi connectivity index (χ0n) is 12.2. The van der Waals surface area contributed by atoms with Crippen LogP contribution in [0.2, 0.25) is 0 Å². The second-order valence-electron chi connectivity index (χ2n) is 5.16. The molecule has 1 aliphatic carbocycles. The molecule has 0 aliphatic heterocycles. The first kappa shape index (κ1) is 14.9. The second-order valence-corrected chi connectivity index (χ2v) is 5.16. The number of unbranched alkanes of at least 4 members (excludes halogenated alkanes) is 1. The van der Waals surface area contributed by atoms with E-state index in [0.717, 1.165) is 36.0 Å². The van der Waals surface area contributed by atoms with E-state index in [-0.39, 0.29) is 5.78 Å². The molecule has 18 heavy (non-hydrogen) atoms. The van der Waals surface area contributed by atoms with Gasteiger partial charge in [0.2, 0.25) is 0 Å². The van der Waals surface area contributed by atoms with Gasteiger partial charge in [0.1, 0.15) is 5.60 Å². The number of hydrogen-bond donors (Lipinski definition) is 0. The van der Waals surface area contributed by atoms with Crippen LogP contribution in [0.4, 0.5) is 0 Å². The van der Waals surface area contributed by atoms with Gasteiger partial charge in [-0.3, -0.25) is 4.79 Å². The van der Waals surface area contributed by atoms with Gasteiger partial charge in [0.05, 0.1) is 0 Å². The van der Waals surface area contributed by atoms with Gasteiger partial charge in [0, 0.05) is 12.7 Å². The molecule has 1 aliphatic rings. The van der Waals surface area contributed by atoms with Crippen molar-refractivity contribution in [2.24, 2.45) is 0 Å². The lowest BCUT2D eigenvalue weighted by atomic mass is 9.73. The summed E-state index contributed by atoms with van der Waals surface area (Å²) in [5, 5.41) is 0. The van der Waals surface area contributed by atoms with Crippen molar-refractivity contribution in [1.82, 2.24) is 0 Å². The summed E-state index contributed by atoms with van der Waals surface area (Å²) in [5.41, 5.74) is 3.33. The third kappa shape index (κ3) is 2.49. The lowest BCUT2D eigenvalue weighted by Gasteiger charge is -2.38. The van der Waals surface area contributed by atoms with Crippen LogP contribution in [0.1, 0.15) is 47.0 Å². The van der Waals surface area contributed by atoms with Crippen molar-refractivity contribution in [3.8, 4) is 0 Å². The van der Waals surface area contributed by atoms with E-state index >= 15 is 0 Å². The highest BCUT2D eigenvalue weighted by Crippen LogP contribution is 2.39. The van der Waals surface area contributed by atoms with Crippen molar-refractivity contribution in [3.63, 3.8) is 0 Å². The van der Waals surface area contributed by atoms with Crippen molar-refractivity contribution in [3.05, 3.63) is 34.9 Å². The highest BCUT2D eigenvalue weighted by atomic mass is 16.5. The molecule has 2 heteroatoms. The van der Waals surface area contributed by atoms with Crippen LogP contribution >= 0.6 is 0 Å². The first-order valence-electron chi connectivity index (χ1n) is 6.56. The summed E-state index contributed by atoms with van der Waals surface area (Å²) < 4.78 is 5.29. The van der Waals surface area contributed by atoms with Crippen LogP contribution in [0.5, 0.6) is 0 Å². The molecule has 0 spiro atoms. The molecule has 100 valence electrons. The number of hydrogen-bond acceptors (Lipinski definition) is 2. The zero-order chi connectivity index (χ0) is 13.9. The maximum Gasteiger partial charge on any atom is 0.198 e. The Kier molecular flexibility index (Phi) is 4.69. The van der Waals surface area contributed by atoms with Gasteiger partial charge in [-0.05, 0) is 50.8 Å². The van der Waals surface area contributed by atoms with Crippen molar-refractivity contribution < 1.29 is 9.53 Å². The lowest BCUT2D eigenvalue weighted by molar-refractivity contribution is -0.134. The van der Waals surface area contributed by atoms with E-state index in [1.165, 1.54) is 5.57 Å². The van der Waals surface area contributed by atoms with Gasteiger partial charge < -0.3 is 4.74 Å². The molecule has 0 aromatic heterocycles. The second kappa shape index (κ2) is 5.66. The maximum atomic E-state index is 12.1. The fourth-order valence-corrected chi connectivity index (χ4v) is 2.16. The first-order chi connectivity index (χ1) is 8.38. The van der Waals surface area contributed by atoms with Crippen molar-refractivity contribution in [1.29, 1.82) is 0 Å². The van der Waals surface area contributed by atoms with E-state index in [9.17, 15) is 4.79 Å². The topological polar surface area (TPSA) is 26.3 Å². The van der Waals surface area contributed by atoms with Gasteiger partial charge in [0.25, 0.3) is 0 Å². The molecule has 0 heterocycles. The summed E-state index contributed by atoms with van der Waals surface area (Å²) in [5.74, 6) is 0.0812. The SMILES string of the molecule is C=C(C)/C(=C\C1=C(C)C(C)(OC)C1=O)CCCC. The van der Waals surface area contributed by atoms with E-state index in [1.807, 2.05) is 26.8 Å². The Balaban J connectivity index is 3.01. The summed E-state index contributed by atoms with van der Waals surface area (Å²) >= 11 is 0. The fraction of sp³-hybridized carbons (Fsp3) is 0.562. The number of Topliss-reactive ketones (excluding diaryl/α,β-unsaturated/α-hetero) is 1. The van der Waals surface area contributed by atoms with Crippen LogP contribution in [0, 0.1) is 0 Å². The van der Waals surface area contributed by atoms with E-state index in [0.29, 0.717) is 0 Å². The number of ether oxygens (including phenoxy) is 1. The average molecular weight is 248 g/mol. The van der Waals surface area contributed by atoms with E-state index in [4.69, 9.17) is 4.74 Å². The van der Waals surface area contributed by atoms with Gasteiger partial charge >= 0.3 is 0 Å². The summed E-state index contributed by atoms with van der Waals surface area (Å²) in [6, 6.07) is 0. The summed E-state index contributed by atoms with van der Waals surface area (Å²) in [6.07, 6.45) is 5.25. The van der Waals surface area contributed by atoms with Crippen LogP contribution in [-0.2, 0) is 9.53 Å². The summed E-state index contributed by atoms with van der Waals surface area (Å²) in [7, 11) is 1.58. The Morgan fingerprint density at radius 1 is 1.50 bits per heavy atom. The third-order valence-electron chi connectivity index (χ3n) is 3.87. The predicted molar refractivity (Wildman–Crippen MR) is 75.5 cm³/mol. The van der Waals surface area contributed by atoms with Gasteiger partial charge in [-0.25, -0.2) is 0 Å². The number of rotatable bonds is 6. The lowest BCUT2D eigenvalue weighted by Crippen LogP contribution is -2.48. The highest BCUT2D eigenvalue weighted by molar-refractivity contribution is 6.14. The number of carbonyl (C=O) groups is 1. The molecular weight excluding hydrogens is 224 g/mol. The standard InChI is InChI=1S/C16H24O2/c1-7-8-9-13(11(2)3)10-14-12(4)16(5,18-6)15(14)17/h10H,2,7-9H2,1,3-6H3/b13-10-. The molecule has 0 N–H and O–H groups in total. The number of methoxy groups -OCH3 is 1. The van der Waals surface area contributed by atoms with Crippen molar-refractivity contribution in [2.45, 2.75) is 52.6 Å². The van der Waals surface area contributed by atoms with Crippen LogP contribution in [0.15, 0.2) is 34.9 Å². The average Bonchev–Trinajstić information content (AvgIpc) is 2.36.